The number of rotatable bonds is 7. The van der Waals surface area contributed by atoms with Crippen LogP contribution in [0, 0.1) is 0 Å². The standard InChI is InChI=1S/C18H24Cl2N4/c19-16-7-6-15(14-17(16)20)24-13-8-18(22-24)21-9-2-5-12-23-10-3-1-4-11-23/h6-8,13-14H,1-5,9-12H2,(H,21,22). The largest absolute Gasteiger partial charge is 0.369 e. The molecule has 0 saturated carbocycles. The number of piperidine rings is 1. The highest BCUT2D eigenvalue weighted by Crippen LogP contribution is 2.24. The molecule has 24 heavy (non-hydrogen) atoms. The lowest BCUT2D eigenvalue weighted by Gasteiger charge is -2.26. The summed E-state index contributed by atoms with van der Waals surface area (Å²) in [6.45, 7) is 4.73. The zero-order valence-corrected chi connectivity index (χ0v) is 15.4. The van der Waals surface area contributed by atoms with E-state index in [1.165, 1.54) is 45.3 Å². The number of nitrogens with one attached hydrogen (secondary N) is 1. The lowest BCUT2D eigenvalue weighted by molar-refractivity contribution is 0.225. The summed E-state index contributed by atoms with van der Waals surface area (Å²) in [6.07, 6.45) is 8.46. The number of aromatic nitrogens is 2. The Bertz CT molecular complexity index is 650. The molecule has 2 heterocycles. The van der Waals surface area contributed by atoms with Gasteiger partial charge in [-0.25, -0.2) is 4.68 Å². The van der Waals surface area contributed by atoms with Crippen molar-refractivity contribution in [1.29, 1.82) is 0 Å². The van der Waals surface area contributed by atoms with E-state index in [9.17, 15) is 0 Å². The first kappa shape index (κ1) is 17.6. The van der Waals surface area contributed by atoms with Gasteiger partial charge < -0.3 is 10.2 Å². The minimum absolute atomic E-state index is 0.539. The molecule has 6 heteroatoms. The van der Waals surface area contributed by atoms with Gasteiger partial charge in [0.2, 0.25) is 0 Å². The number of nitrogens with zero attached hydrogens (tertiary/aromatic N) is 3. The summed E-state index contributed by atoms with van der Waals surface area (Å²) >= 11 is 12.0. The van der Waals surface area contributed by atoms with Crippen molar-refractivity contribution in [2.75, 3.05) is 31.5 Å². The molecule has 1 fully saturated rings. The van der Waals surface area contributed by atoms with Crippen LogP contribution >= 0.6 is 23.2 Å². The first-order chi connectivity index (χ1) is 11.7. The molecule has 1 saturated heterocycles. The lowest BCUT2D eigenvalue weighted by atomic mass is 10.1. The third kappa shape index (κ3) is 4.88. The van der Waals surface area contributed by atoms with E-state index >= 15 is 0 Å². The van der Waals surface area contributed by atoms with Gasteiger partial charge in [0.05, 0.1) is 15.7 Å². The Hall–Kier alpha value is -1.23. The second-order valence-electron chi connectivity index (χ2n) is 6.28. The van der Waals surface area contributed by atoms with Crippen molar-refractivity contribution in [1.82, 2.24) is 14.7 Å². The van der Waals surface area contributed by atoms with Gasteiger partial charge in [0.1, 0.15) is 5.82 Å². The van der Waals surface area contributed by atoms with Gasteiger partial charge in [-0.1, -0.05) is 29.6 Å². The van der Waals surface area contributed by atoms with Crippen LogP contribution in [0.3, 0.4) is 0 Å². The Morgan fingerprint density at radius 1 is 1.00 bits per heavy atom. The summed E-state index contributed by atoms with van der Waals surface area (Å²) in [5.74, 6) is 0.888. The molecule has 1 N–H and O–H groups in total. The zero-order chi connectivity index (χ0) is 16.8. The molecule has 0 aliphatic carbocycles. The molecule has 1 aromatic heterocycles. The molecule has 1 aromatic carbocycles. The minimum atomic E-state index is 0.539. The number of halogens is 2. The monoisotopic (exact) mass is 366 g/mol. The molecule has 0 radical (unpaired) electrons. The Morgan fingerprint density at radius 3 is 2.62 bits per heavy atom. The predicted octanol–water partition coefficient (Wildman–Crippen LogP) is 4.86. The number of anilines is 1. The summed E-state index contributed by atoms with van der Waals surface area (Å²) in [6, 6.07) is 7.49. The van der Waals surface area contributed by atoms with Gasteiger partial charge in [-0.2, -0.15) is 5.10 Å². The fraction of sp³-hybridized carbons (Fsp3) is 0.500. The SMILES string of the molecule is Clc1ccc(-n2ccc(NCCCCN3CCCCC3)n2)cc1Cl. The maximum Gasteiger partial charge on any atom is 0.148 e. The average Bonchev–Trinajstić information content (AvgIpc) is 3.07. The van der Waals surface area contributed by atoms with Crippen LogP contribution in [0.1, 0.15) is 32.1 Å². The quantitative estimate of drug-likeness (QED) is 0.710. The van der Waals surface area contributed by atoms with Crippen molar-refractivity contribution in [2.24, 2.45) is 0 Å². The highest BCUT2D eigenvalue weighted by Gasteiger charge is 2.09. The topological polar surface area (TPSA) is 33.1 Å². The molecule has 4 nitrogen and oxygen atoms in total. The molecule has 1 aliphatic heterocycles. The lowest BCUT2D eigenvalue weighted by Crippen LogP contribution is -2.30. The maximum absolute atomic E-state index is 6.06. The number of hydrogen-bond donors (Lipinski definition) is 1. The number of hydrogen-bond acceptors (Lipinski definition) is 3. The summed E-state index contributed by atoms with van der Waals surface area (Å²) in [5.41, 5.74) is 0.905. The Morgan fingerprint density at radius 2 is 1.83 bits per heavy atom. The summed E-state index contributed by atoms with van der Waals surface area (Å²) in [5, 5.41) is 9.02. The van der Waals surface area contributed by atoms with Crippen LogP contribution in [-0.2, 0) is 0 Å². The molecule has 1 aliphatic rings. The van der Waals surface area contributed by atoms with Gasteiger partial charge in [-0.3, -0.25) is 0 Å². The van der Waals surface area contributed by atoms with Crippen LogP contribution in [0.15, 0.2) is 30.5 Å². The minimum Gasteiger partial charge on any atom is -0.369 e. The van der Waals surface area contributed by atoms with Crippen molar-refractivity contribution in [3.8, 4) is 5.69 Å². The number of likely N-dealkylation sites (tertiary alicyclic amines) is 1. The second-order valence-corrected chi connectivity index (χ2v) is 7.09. The highest BCUT2D eigenvalue weighted by molar-refractivity contribution is 6.42. The van der Waals surface area contributed by atoms with E-state index in [-0.39, 0.29) is 0 Å². The van der Waals surface area contributed by atoms with E-state index < -0.39 is 0 Å². The molecular weight excluding hydrogens is 343 g/mol. The molecule has 130 valence electrons. The molecular formula is C18H24Cl2N4. The van der Waals surface area contributed by atoms with E-state index in [0.717, 1.165) is 24.5 Å². The van der Waals surface area contributed by atoms with Crippen LogP contribution in [-0.4, -0.2) is 40.9 Å². The Balaban J connectivity index is 1.41. The van der Waals surface area contributed by atoms with Crippen molar-refractivity contribution < 1.29 is 0 Å². The molecule has 3 rings (SSSR count). The number of unbranched alkanes of at least 4 members (excludes halogenated alkanes) is 1. The van der Waals surface area contributed by atoms with Crippen LogP contribution in [0.2, 0.25) is 10.0 Å². The van der Waals surface area contributed by atoms with Crippen LogP contribution < -0.4 is 5.32 Å². The molecule has 0 spiro atoms. The smallest absolute Gasteiger partial charge is 0.148 e. The van der Waals surface area contributed by atoms with Crippen molar-refractivity contribution in [3.63, 3.8) is 0 Å². The van der Waals surface area contributed by atoms with Crippen molar-refractivity contribution in [2.45, 2.75) is 32.1 Å². The van der Waals surface area contributed by atoms with Gasteiger partial charge in [-0.05, 0) is 63.5 Å². The fourth-order valence-electron chi connectivity index (χ4n) is 3.05. The maximum atomic E-state index is 6.06. The van der Waals surface area contributed by atoms with E-state index in [1.54, 1.807) is 10.7 Å². The average molecular weight is 367 g/mol. The first-order valence-corrected chi connectivity index (χ1v) is 9.45. The Labute approximate surface area is 153 Å². The molecule has 0 bridgehead atoms. The highest BCUT2D eigenvalue weighted by atomic mass is 35.5. The second kappa shape index (κ2) is 8.75. The third-order valence-corrected chi connectivity index (χ3v) is 5.15. The van der Waals surface area contributed by atoms with Gasteiger partial charge >= 0.3 is 0 Å². The van der Waals surface area contributed by atoms with E-state index in [1.807, 2.05) is 24.4 Å². The van der Waals surface area contributed by atoms with Gasteiger partial charge in [0.15, 0.2) is 0 Å². The van der Waals surface area contributed by atoms with E-state index in [2.05, 4.69) is 15.3 Å². The van der Waals surface area contributed by atoms with Gasteiger partial charge in [-0.15, -0.1) is 0 Å². The van der Waals surface area contributed by atoms with Crippen molar-refractivity contribution in [3.05, 3.63) is 40.5 Å². The van der Waals surface area contributed by atoms with Crippen LogP contribution in [0.4, 0.5) is 5.82 Å². The zero-order valence-electron chi connectivity index (χ0n) is 13.8. The molecule has 0 atom stereocenters. The van der Waals surface area contributed by atoms with E-state index in [0.29, 0.717) is 10.0 Å². The summed E-state index contributed by atoms with van der Waals surface area (Å²) in [7, 11) is 0. The summed E-state index contributed by atoms with van der Waals surface area (Å²) < 4.78 is 1.80. The van der Waals surface area contributed by atoms with Gasteiger partial charge in [0.25, 0.3) is 0 Å². The number of benzene rings is 1. The Kier molecular flexibility index (Phi) is 6.41. The van der Waals surface area contributed by atoms with Crippen LogP contribution in [0.5, 0.6) is 0 Å². The normalized spacial score (nSPS) is 15.6. The molecule has 0 amide bonds. The first-order valence-electron chi connectivity index (χ1n) is 8.70. The predicted molar refractivity (Wildman–Crippen MR) is 102 cm³/mol. The molecule has 2 aromatic rings. The third-order valence-electron chi connectivity index (χ3n) is 4.41. The molecule has 0 unspecified atom stereocenters. The fourth-order valence-corrected chi connectivity index (χ4v) is 3.34. The van der Waals surface area contributed by atoms with E-state index in [4.69, 9.17) is 23.2 Å². The van der Waals surface area contributed by atoms with Gasteiger partial charge in [0, 0.05) is 18.8 Å². The van der Waals surface area contributed by atoms with Crippen LogP contribution in [0.25, 0.3) is 5.69 Å². The summed E-state index contributed by atoms with van der Waals surface area (Å²) in [4.78, 5) is 2.59. The van der Waals surface area contributed by atoms with Crippen molar-refractivity contribution >= 4 is 29.0 Å².